The summed E-state index contributed by atoms with van der Waals surface area (Å²) in [5.74, 6) is -1.01. The van der Waals surface area contributed by atoms with Gasteiger partial charge < -0.3 is 10.6 Å². The van der Waals surface area contributed by atoms with Crippen LogP contribution in [0.4, 0.5) is 10.1 Å². The van der Waals surface area contributed by atoms with Gasteiger partial charge in [0.1, 0.15) is 12.0 Å². The minimum Gasteiger partial charge on any atom is -0.359 e. The quantitative estimate of drug-likeness (QED) is 0.441. The molecule has 1 unspecified atom stereocenters. The lowest BCUT2D eigenvalue weighted by molar-refractivity contribution is -0.116. The van der Waals surface area contributed by atoms with Crippen LogP contribution in [0.5, 0.6) is 0 Å². The summed E-state index contributed by atoms with van der Waals surface area (Å²) in [5, 5.41) is 5.18. The van der Waals surface area contributed by atoms with Crippen molar-refractivity contribution in [3.63, 3.8) is 0 Å². The summed E-state index contributed by atoms with van der Waals surface area (Å²) in [6.07, 6.45) is 1.81. The molecule has 0 spiro atoms. The average Bonchev–Trinajstić information content (AvgIpc) is 2.54. The highest BCUT2D eigenvalue weighted by molar-refractivity contribution is 6.68. The van der Waals surface area contributed by atoms with Gasteiger partial charge in [-0.15, -0.1) is 0 Å². The van der Waals surface area contributed by atoms with Crippen LogP contribution >= 0.6 is 34.8 Å². The first-order valence-electron chi connectivity index (χ1n) is 6.97. The Morgan fingerprint density at radius 2 is 1.67 bits per heavy atom. The van der Waals surface area contributed by atoms with Crippen molar-refractivity contribution in [1.82, 2.24) is 5.32 Å². The molecule has 0 aliphatic rings. The van der Waals surface area contributed by atoms with Gasteiger partial charge in [-0.2, -0.15) is 0 Å². The smallest absolute Gasteiger partial charge is 0.245 e. The first kappa shape index (κ1) is 18.6. The molecule has 3 nitrogen and oxygen atoms in total. The van der Waals surface area contributed by atoms with Gasteiger partial charge in [0.2, 0.25) is 9.70 Å². The lowest BCUT2D eigenvalue weighted by Gasteiger charge is -2.27. The van der Waals surface area contributed by atoms with Crippen molar-refractivity contribution in [3.05, 3.63) is 72.1 Å². The Morgan fingerprint density at radius 1 is 1.04 bits per heavy atom. The third-order valence-corrected chi connectivity index (χ3v) is 3.67. The Balaban J connectivity index is 2.08. The third-order valence-electron chi connectivity index (χ3n) is 3.01. The third kappa shape index (κ3) is 5.71. The monoisotopic (exact) mass is 386 g/mol. The molecule has 2 aromatic rings. The first-order valence-corrected chi connectivity index (χ1v) is 8.11. The predicted molar refractivity (Wildman–Crippen MR) is 97.7 cm³/mol. The zero-order valence-electron chi connectivity index (χ0n) is 12.3. The number of para-hydroxylation sites is 1. The fourth-order valence-electron chi connectivity index (χ4n) is 1.86. The molecule has 0 aliphatic heterocycles. The van der Waals surface area contributed by atoms with Crippen molar-refractivity contribution in [3.8, 4) is 0 Å². The fraction of sp³-hybridized carbons (Fsp3) is 0.118. The summed E-state index contributed by atoms with van der Waals surface area (Å²) in [6.45, 7) is 0. The Bertz CT molecular complexity index is 717. The number of rotatable bonds is 5. The van der Waals surface area contributed by atoms with E-state index in [1.54, 1.807) is 12.1 Å². The topological polar surface area (TPSA) is 41.1 Å². The number of hydrogen-bond acceptors (Lipinski definition) is 2. The zero-order valence-corrected chi connectivity index (χ0v) is 14.6. The number of anilines is 1. The van der Waals surface area contributed by atoms with Crippen LogP contribution in [0, 0.1) is 5.82 Å². The largest absolute Gasteiger partial charge is 0.359 e. The van der Waals surface area contributed by atoms with Gasteiger partial charge >= 0.3 is 0 Å². The minimum absolute atomic E-state index is 0.112. The highest BCUT2D eigenvalue weighted by atomic mass is 35.6. The second-order valence-corrected chi connectivity index (χ2v) is 7.22. The maximum Gasteiger partial charge on any atom is 0.245 e. The van der Waals surface area contributed by atoms with E-state index in [4.69, 9.17) is 34.8 Å². The number of benzene rings is 2. The number of amides is 1. The number of halogens is 4. The molecule has 0 heterocycles. The molecule has 2 aromatic carbocycles. The maximum absolute atomic E-state index is 13.7. The maximum atomic E-state index is 13.7. The molecular formula is C17H14Cl3FN2O. The average molecular weight is 388 g/mol. The van der Waals surface area contributed by atoms with Crippen LogP contribution in [-0.2, 0) is 4.79 Å². The van der Waals surface area contributed by atoms with Crippen molar-refractivity contribution < 1.29 is 9.18 Å². The van der Waals surface area contributed by atoms with Crippen LogP contribution in [0.3, 0.4) is 0 Å². The van der Waals surface area contributed by atoms with Gasteiger partial charge in [-0.1, -0.05) is 77.3 Å². The fourth-order valence-corrected chi connectivity index (χ4v) is 2.19. The number of nitrogens with one attached hydrogen (secondary N) is 2. The van der Waals surface area contributed by atoms with Crippen LogP contribution < -0.4 is 10.6 Å². The zero-order chi connectivity index (χ0) is 17.6. The molecule has 1 atom stereocenters. The summed E-state index contributed by atoms with van der Waals surface area (Å²) in [5.41, 5.74) is 0.960. The second kappa shape index (κ2) is 8.38. The normalized spacial score (nSPS) is 12.8. The molecule has 0 aliphatic carbocycles. The molecule has 7 heteroatoms. The lowest BCUT2D eigenvalue weighted by Crippen LogP contribution is -2.48. The Kier molecular flexibility index (Phi) is 6.49. The first-order chi connectivity index (χ1) is 11.4. The van der Waals surface area contributed by atoms with Crippen LogP contribution in [0.1, 0.15) is 5.56 Å². The molecule has 126 valence electrons. The van der Waals surface area contributed by atoms with E-state index in [0.717, 1.165) is 5.56 Å². The standard InChI is InChI=1S/C17H14Cl3FN2O/c18-17(19,20)16(22-14-9-5-4-8-13(14)21)23-15(24)11-10-12-6-2-1-3-7-12/h1-11,16,22H,(H,23,24). The molecule has 0 aromatic heterocycles. The van der Waals surface area contributed by atoms with Crippen molar-refractivity contribution in [2.45, 2.75) is 9.96 Å². The number of alkyl halides is 3. The van der Waals surface area contributed by atoms with Crippen molar-refractivity contribution >= 4 is 52.5 Å². The van der Waals surface area contributed by atoms with Gasteiger partial charge in [0.25, 0.3) is 0 Å². The van der Waals surface area contributed by atoms with Gasteiger partial charge in [-0.05, 0) is 23.8 Å². The number of carbonyl (C=O) groups excluding carboxylic acids is 1. The van der Waals surface area contributed by atoms with E-state index < -0.39 is 21.7 Å². The van der Waals surface area contributed by atoms with Crippen LogP contribution in [0.25, 0.3) is 6.08 Å². The highest BCUT2D eigenvalue weighted by Crippen LogP contribution is 2.31. The number of hydrogen-bond donors (Lipinski definition) is 2. The van der Waals surface area contributed by atoms with E-state index >= 15 is 0 Å². The molecule has 0 fully saturated rings. The molecular weight excluding hydrogens is 374 g/mol. The van der Waals surface area contributed by atoms with Gasteiger partial charge in [-0.25, -0.2) is 4.39 Å². The molecule has 2 N–H and O–H groups in total. The molecule has 2 rings (SSSR count). The minimum atomic E-state index is -1.88. The van der Waals surface area contributed by atoms with Gasteiger partial charge in [-0.3, -0.25) is 4.79 Å². The van der Waals surface area contributed by atoms with E-state index in [2.05, 4.69) is 10.6 Å². The molecule has 0 saturated heterocycles. The van der Waals surface area contributed by atoms with Gasteiger partial charge in [0.15, 0.2) is 0 Å². The van der Waals surface area contributed by atoms with Crippen LogP contribution in [-0.4, -0.2) is 15.9 Å². The Hall–Kier alpha value is -1.75. The molecule has 24 heavy (non-hydrogen) atoms. The second-order valence-electron chi connectivity index (χ2n) is 4.85. The predicted octanol–water partition coefficient (Wildman–Crippen LogP) is 4.76. The summed E-state index contributed by atoms with van der Waals surface area (Å²) >= 11 is 17.6. The van der Waals surface area contributed by atoms with E-state index in [0.29, 0.717) is 0 Å². The molecule has 0 radical (unpaired) electrons. The van der Waals surface area contributed by atoms with Crippen LogP contribution in [0.2, 0.25) is 0 Å². The van der Waals surface area contributed by atoms with Gasteiger partial charge in [0, 0.05) is 6.08 Å². The Labute approximate surface area is 154 Å². The Morgan fingerprint density at radius 3 is 2.29 bits per heavy atom. The van der Waals surface area contributed by atoms with E-state index in [9.17, 15) is 9.18 Å². The molecule has 0 bridgehead atoms. The summed E-state index contributed by atoms with van der Waals surface area (Å²) in [7, 11) is 0. The van der Waals surface area contributed by atoms with Crippen molar-refractivity contribution in [2.75, 3.05) is 5.32 Å². The lowest BCUT2D eigenvalue weighted by atomic mass is 10.2. The van der Waals surface area contributed by atoms with E-state index in [1.807, 2.05) is 30.3 Å². The van der Waals surface area contributed by atoms with Crippen molar-refractivity contribution in [2.24, 2.45) is 0 Å². The highest BCUT2D eigenvalue weighted by Gasteiger charge is 2.34. The number of carbonyl (C=O) groups is 1. The van der Waals surface area contributed by atoms with E-state index in [1.165, 1.54) is 24.3 Å². The molecule has 1 amide bonds. The summed E-state index contributed by atoms with van der Waals surface area (Å²) in [6, 6.07) is 15.1. The molecule has 0 saturated carbocycles. The van der Waals surface area contributed by atoms with Gasteiger partial charge in [0.05, 0.1) is 5.69 Å². The SMILES string of the molecule is O=C(C=Cc1ccccc1)NC(Nc1ccccc1F)C(Cl)(Cl)Cl. The van der Waals surface area contributed by atoms with Crippen molar-refractivity contribution in [1.29, 1.82) is 0 Å². The van der Waals surface area contributed by atoms with E-state index in [-0.39, 0.29) is 5.69 Å². The summed E-state index contributed by atoms with van der Waals surface area (Å²) in [4.78, 5) is 12.0. The van der Waals surface area contributed by atoms with Crippen LogP contribution in [0.15, 0.2) is 60.7 Å². The summed E-state index contributed by atoms with van der Waals surface area (Å²) < 4.78 is 11.9.